The molecule has 2 atom stereocenters. The molecule has 126 valence electrons. The first kappa shape index (κ1) is 14.6. The molecule has 2 fully saturated rings. The van der Waals surface area contributed by atoms with Crippen molar-refractivity contribution in [3.8, 4) is 11.1 Å². The molecule has 1 amide bonds. The second kappa shape index (κ2) is 5.67. The van der Waals surface area contributed by atoms with E-state index in [1.807, 2.05) is 41.3 Å². The number of carbonyl (C=O) groups excluding carboxylic acids is 1. The van der Waals surface area contributed by atoms with Crippen LogP contribution >= 0.6 is 0 Å². The molecule has 6 heteroatoms. The predicted octanol–water partition coefficient (Wildman–Crippen LogP) is 1.57. The van der Waals surface area contributed by atoms with E-state index in [-0.39, 0.29) is 11.8 Å². The normalized spacial score (nSPS) is 23.1. The monoisotopic (exact) mass is 333 g/mol. The van der Waals surface area contributed by atoms with Gasteiger partial charge in [-0.05, 0) is 5.56 Å². The summed E-state index contributed by atoms with van der Waals surface area (Å²) in [6.07, 6.45) is 5.84. The summed E-state index contributed by atoms with van der Waals surface area (Å²) in [6.45, 7) is 3.43. The summed E-state index contributed by atoms with van der Waals surface area (Å²) >= 11 is 0. The average molecular weight is 333 g/mol. The summed E-state index contributed by atoms with van der Waals surface area (Å²) in [5, 5.41) is 7.43. The molecule has 6 nitrogen and oxygen atoms in total. The molecule has 25 heavy (non-hydrogen) atoms. The first-order valence-electron chi connectivity index (χ1n) is 8.66. The van der Waals surface area contributed by atoms with E-state index in [1.54, 1.807) is 0 Å². The topological polar surface area (TPSA) is 62.5 Å². The minimum atomic E-state index is 0.158. The Hall–Kier alpha value is -2.73. The lowest BCUT2D eigenvalue weighted by atomic mass is 10.0. The van der Waals surface area contributed by atoms with Gasteiger partial charge in [0.2, 0.25) is 5.91 Å². The van der Waals surface area contributed by atoms with E-state index in [0.717, 1.165) is 48.5 Å². The van der Waals surface area contributed by atoms with Crippen molar-refractivity contribution in [1.82, 2.24) is 24.8 Å². The number of hydrogen-bond acceptors (Lipinski definition) is 4. The highest BCUT2D eigenvalue weighted by molar-refractivity contribution is 5.81. The molecule has 2 aliphatic heterocycles. The fourth-order valence-corrected chi connectivity index (χ4v) is 4.03. The van der Waals surface area contributed by atoms with Gasteiger partial charge in [-0.3, -0.25) is 9.69 Å². The fraction of sp³-hybridized carbons (Fsp3) is 0.316. The number of aromatic nitrogens is 3. The number of carbonyl (C=O) groups is 1. The van der Waals surface area contributed by atoms with Crippen LogP contribution in [-0.4, -0.2) is 45.0 Å². The summed E-state index contributed by atoms with van der Waals surface area (Å²) in [7, 11) is 0. The zero-order valence-electron chi connectivity index (χ0n) is 13.8. The number of likely N-dealkylation sites (tertiary alicyclic amines) is 1. The lowest BCUT2D eigenvalue weighted by Gasteiger charge is -2.16. The highest BCUT2D eigenvalue weighted by Crippen LogP contribution is 2.28. The standard InChI is InChI=1S/C19H19N5O/c25-19-17-12-23(11-15(17)7-21-19)9-13-6-20-18-16(8-22-24(18)10-13)14-4-2-1-3-5-14/h1-6,8,10,15,17H,7,9,11-12H2,(H,21,25)/t15-,17+/m0/s1. The second-order valence-electron chi connectivity index (χ2n) is 6.96. The third kappa shape index (κ3) is 2.49. The molecular formula is C19H19N5O. The van der Waals surface area contributed by atoms with Gasteiger partial charge in [-0.25, -0.2) is 9.50 Å². The van der Waals surface area contributed by atoms with Gasteiger partial charge in [0, 0.05) is 55.6 Å². The molecule has 4 heterocycles. The minimum absolute atomic E-state index is 0.158. The first-order valence-corrected chi connectivity index (χ1v) is 8.66. The summed E-state index contributed by atoms with van der Waals surface area (Å²) in [4.78, 5) is 18.8. The van der Waals surface area contributed by atoms with Gasteiger partial charge in [-0.15, -0.1) is 0 Å². The van der Waals surface area contributed by atoms with E-state index in [4.69, 9.17) is 0 Å². The SMILES string of the molecule is O=C1NC[C@H]2CN(Cc3cnc4c(-c5ccccc5)cnn4c3)C[C@@H]12. The molecule has 0 aliphatic carbocycles. The van der Waals surface area contributed by atoms with Crippen molar-refractivity contribution in [2.75, 3.05) is 19.6 Å². The van der Waals surface area contributed by atoms with Crippen LogP contribution in [0.4, 0.5) is 0 Å². The minimum Gasteiger partial charge on any atom is -0.355 e. The molecule has 5 rings (SSSR count). The zero-order valence-corrected chi connectivity index (χ0v) is 13.8. The van der Waals surface area contributed by atoms with Crippen LogP contribution in [0.3, 0.4) is 0 Å². The van der Waals surface area contributed by atoms with Crippen molar-refractivity contribution in [3.63, 3.8) is 0 Å². The van der Waals surface area contributed by atoms with Crippen LogP contribution in [0.15, 0.2) is 48.9 Å². The maximum absolute atomic E-state index is 11.8. The number of fused-ring (bicyclic) bond motifs is 2. The van der Waals surface area contributed by atoms with Crippen LogP contribution in [0.5, 0.6) is 0 Å². The van der Waals surface area contributed by atoms with Gasteiger partial charge >= 0.3 is 0 Å². The van der Waals surface area contributed by atoms with Gasteiger partial charge in [0.15, 0.2) is 5.65 Å². The Balaban J connectivity index is 1.38. The number of benzene rings is 1. The van der Waals surface area contributed by atoms with E-state index >= 15 is 0 Å². The van der Waals surface area contributed by atoms with Gasteiger partial charge in [0.05, 0.1) is 12.1 Å². The van der Waals surface area contributed by atoms with Gasteiger partial charge in [-0.2, -0.15) is 5.10 Å². The van der Waals surface area contributed by atoms with E-state index in [9.17, 15) is 4.79 Å². The quantitative estimate of drug-likeness (QED) is 0.790. The van der Waals surface area contributed by atoms with Crippen molar-refractivity contribution in [3.05, 3.63) is 54.5 Å². The van der Waals surface area contributed by atoms with Crippen LogP contribution in [0.2, 0.25) is 0 Å². The largest absolute Gasteiger partial charge is 0.355 e. The van der Waals surface area contributed by atoms with Gasteiger partial charge in [-0.1, -0.05) is 30.3 Å². The van der Waals surface area contributed by atoms with Crippen LogP contribution in [-0.2, 0) is 11.3 Å². The predicted molar refractivity (Wildman–Crippen MR) is 93.7 cm³/mol. The van der Waals surface area contributed by atoms with Gasteiger partial charge in [0.25, 0.3) is 0 Å². The molecule has 2 aromatic heterocycles. The molecule has 1 N–H and O–H groups in total. The van der Waals surface area contributed by atoms with Crippen LogP contribution in [0.25, 0.3) is 16.8 Å². The number of nitrogens with zero attached hydrogens (tertiary/aromatic N) is 4. The van der Waals surface area contributed by atoms with Crippen molar-refractivity contribution in [2.24, 2.45) is 11.8 Å². The van der Waals surface area contributed by atoms with E-state index in [1.165, 1.54) is 0 Å². The highest BCUT2D eigenvalue weighted by Gasteiger charge is 2.41. The van der Waals surface area contributed by atoms with E-state index < -0.39 is 0 Å². The number of nitrogens with one attached hydrogen (secondary N) is 1. The Morgan fingerprint density at radius 2 is 2.04 bits per heavy atom. The Morgan fingerprint density at radius 3 is 2.88 bits per heavy atom. The average Bonchev–Trinajstić information content (AvgIpc) is 3.32. The molecule has 0 spiro atoms. The maximum atomic E-state index is 11.8. The fourth-order valence-electron chi connectivity index (χ4n) is 4.03. The van der Waals surface area contributed by atoms with Crippen molar-refractivity contribution in [1.29, 1.82) is 0 Å². The molecule has 2 aliphatic rings. The Morgan fingerprint density at radius 1 is 1.16 bits per heavy atom. The van der Waals surface area contributed by atoms with Crippen molar-refractivity contribution >= 4 is 11.6 Å². The van der Waals surface area contributed by atoms with Crippen molar-refractivity contribution < 1.29 is 4.79 Å². The molecule has 3 aromatic rings. The summed E-state index contributed by atoms with van der Waals surface area (Å²) < 4.78 is 1.85. The number of amides is 1. The summed E-state index contributed by atoms with van der Waals surface area (Å²) in [6, 6.07) is 10.2. The molecule has 2 saturated heterocycles. The molecule has 0 saturated carbocycles. The van der Waals surface area contributed by atoms with E-state index in [2.05, 4.69) is 32.4 Å². The first-order chi connectivity index (χ1) is 12.3. The molecular weight excluding hydrogens is 314 g/mol. The number of rotatable bonds is 3. The molecule has 0 radical (unpaired) electrons. The highest BCUT2D eigenvalue weighted by atomic mass is 16.2. The van der Waals surface area contributed by atoms with Crippen LogP contribution < -0.4 is 5.32 Å². The zero-order chi connectivity index (χ0) is 16.8. The van der Waals surface area contributed by atoms with E-state index in [0.29, 0.717) is 5.92 Å². The van der Waals surface area contributed by atoms with Crippen LogP contribution in [0.1, 0.15) is 5.56 Å². The van der Waals surface area contributed by atoms with Crippen molar-refractivity contribution in [2.45, 2.75) is 6.54 Å². The lowest BCUT2D eigenvalue weighted by Crippen LogP contribution is -2.28. The summed E-state index contributed by atoms with van der Waals surface area (Å²) in [5.41, 5.74) is 4.15. The van der Waals surface area contributed by atoms with Gasteiger partial charge < -0.3 is 5.32 Å². The van der Waals surface area contributed by atoms with Gasteiger partial charge in [0.1, 0.15) is 0 Å². The van der Waals surface area contributed by atoms with Crippen LogP contribution in [0, 0.1) is 11.8 Å². The summed E-state index contributed by atoms with van der Waals surface area (Å²) in [5.74, 6) is 0.824. The maximum Gasteiger partial charge on any atom is 0.224 e. The molecule has 0 bridgehead atoms. The molecule has 1 aromatic carbocycles. The number of hydrogen-bond donors (Lipinski definition) is 1. The third-order valence-corrected chi connectivity index (χ3v) is 5.29. The third-order valence-electron chi connectivity index (χ3n) is 5.29. The Bertz CT molecular complexity index is 935. The lowest BCUT2D eigenvalue weighted by molar-refractivity contribution is -0.122. The molecule has 0 unspecified atom stereocenters. The second-order valence-corrected chi connectivity index (χ2v) is 6.96. The Labute approximate surface area is 145 Å². The Kier molecular flexibility index (Phi) is 3.31. The smallest absolute Gasteiger partial charge is 0.224 e.